The average molecular weight is 286 g/mol. The second-order valence-electron chi connectivity index (χ2n) is 2.98. The maximum Gasteiger partial charge on any atom is 0.203 e. The van der Waals surface area contributed by atoms with Crippen LogP contribution in [0, 0.1) is 6.92 Å². The summed E-state index contributed by atoms with van der Waals surface area (Å²) < 4.78 is 1.84. The Morgan fingerprint density at radius 1 is 1.23 bits per heavy atom. The number of aryl methyl sites for hydroxylation is 2. The van der Waals surface area contributed by atoms with Crippen molar-refractivity contribution in [1.82, 2.24) is 5.10 Å². The van der Waals surface area contributed by atoms with Crippen LogP contribution in [0.3, 0.4) is 0 Å². The molecule has 0 aliphatic heterocycles. The first kappa shape index (κ1) is 10.4. The smallest absolute Gasteiger partial charge is 0.203 e. The highest BCUT2D eigenvalue weighted by atomic mass is 127. The van der Waals surface area contributed by atoms with Gasteiger partial charge in [0.2, 0.25) is 6.20 Å². The first-order valence-corrected chi connectivity index (χ1v) is 4.00. The number of hydrogen-bond acceptors (Lipinski definition) is 1. The predicted molar refractivity (Wildman–Crippen MR) is 47.7 cm³/mol. The van der Waals surface area contributed by atoms with E-state index in [4.69, 9.17) is 0 Å². The summed E-state index contributed by atoms with van der Waals surface area (Å²) in [6, 6.07) is 8.28. The van der Waals surface area contributed by atoms with Gasteiger partial charge in [-0.05, 0) is 18.1 Å². The number of fused-ring (bicyclic) bond motifs is 1. The van der Waals surface area contributed by atoms with Gasteiger partial charge in [-0.1, -0.05) is 22.9 Å². The lowest BCUT2D eigenvalue weighted by Gasteiger charge is -1.96. The highest BCUT2D eigenvalue weighted by Gasteiger charge is 2.03. The number of halogens is 1. The Kier molecular flexibility index (Phi) is 3.19. The van der Waals surface area contributed by atoms with Crippen LogP contribution in [-0.2, 0) is 7.05 Å². The van der Waals surface area contributed by atoms with Crippen LogP contribution < -0.4 is 28.7 Å². The Hall–Kier alpha value is -0.710. The van der Waals surface area contributed by atoms with Gasteiger partial charge in [0.05, 0.1) is 0 Å². The van der Waals surface area contributed by atoms with E-state index in [1.807, 2.05) is 37.0 Å². The van der Waals surface area contributed by atoms with Gasteiger partial charge in [0.1, 0.15) is 5.69 Å². The van der Waals surface area contributed by atoms with E-state index in [1.54, 1.807) is 0 Å². The summed E-state index contributed by atoms with van der Waals surface area (Å²) >= 11 is 0. The van der Waals surface area contributed by atoms with Crippen LogP contribution in [0.4, 0.5) is 0 Å². The normalized spacial score (nSPS) is 9.69. The van der Waals surface area contributed by atoms with E-state index < -0.39 is 0 Å². The zero-order valence-corrected chi connectivity index (χ0v) is 9.82. The van der Waals surface area contributed by atoms with Crippen molar-refractivity contribution in [1.29, 1.82) is 0 Å². The summed E-state index contributed by atoms with van der Waals surface area (Å²) in [7, 11) is 1.94. The van der Waals surface area contributed by atoms with Crippen LogP contribution in [0.2, 0.25) is 0 Å². The van der Waals surface area contributed by atoms with Gasteiger partial charge < -0.3 is 24.0 Å². The van der Waals surface area contributed by atoms with Gasteiger partial charge in [-0.2, -0.15) is 0 Å². The molecule has 2 aromatic rings. The molecular formula is C10H11IN2. The molecule has 13 heavy (non-hydrogen) atoms. The van der Waals surface area contributed by atoms with Gasteiger partial charge in [-0.25, -0.2) is 0 Å². The first-order chi connectivity index (χ1) is 5.77. The summed E-state index contributed by atoms with van der Waals surface area (Å²) in [4.78, 5) is 0. The Labute approximate surface area is 94.6 Å². The van der Waals surface area contributed by atoms with E-state index in [-0.39, 0.29) is 24.0 Å². The molecule has 2 nitrogen and oxygen atoms in total. The van der Waals surface area contributed by atoms with E-state index in [1.165, 1.54) is 10.8 Å². The zero-order valence-electron chi connectivity index (χ0n) is 7.66. The minimum absolute atomic E-state index is 0. The number of nitrogens with zero attached hydrogens (tertiary/aromatic N) is 2. The number of aromatic nitrogens is 2. The molecule has 0 aliphatic carbocycles. The van der Waals surface area contributed by atoms with Gasteiger partial charge in [-0.15, -0.1) is 0 Å². The van der Waals surface area contributed by atoms with E-state index in [0.29, 0.717) is 0 Å². The maximum atomic E-state index is 4.32. The van der Waals surface area contributed by atoms with Crippen LogP contribution in [0.25, 0.3) is 10.8 Å². The molecule has 2 rings (SSSR count). The second kappa shape index (κ2) is 4.00. The molecule has 1 aromatic heterocycles. The van der Waals surface area contributed by atoms with Crippen LogP contribution in [0.1, 0.15) is 5.69 Å². The summed E-state index contributed by atoms with van der Waals surface area (Å²) in [5.41, 5.74) is 1.08. The third kappa shape index (κ3) is 1.96. The first-order valence-electron chi connectivity index (χ1n) is 4.00. The molecule has 0 atom stereocenters. The molecule has 0 spiro atoms. The van der Waals surface area contributed by atoms with Gasteiger partial charge in [0.25, 0.3) is 0 Å². The topological polar surface area (TPSA) is 16.8 Å². The second-order valence-corrected chi connectivity index (χ2v) is 2.98. The molecule has 0 bridgehead atoms. The molecule has 68 valence electrons. The summed E-state index contributed by atoms with van der Waals surface area (Å²) in [6.45, 7) is 2.03. The molecule has 0 N–H and O–H groups in total. The lowest BCUT2D eigenvalue weighted by atomic mass is 10.1. The fraction of sp³-hybridized carbons (Fsp3) is 0.200. The van der Waals surface area contributed by atoms with Crippen molar-refractivity contribution >= 4 is 10.8 Å². The van der Waals surface area contributed by atoms with Gasteiger partial charge >= 0.3 is 0 Å². The Balaban J connectivity index is 0.000000845. The summed E-state index contributed by atoms with van der Waals surface area (Å²) in [5, 5.41) is 6.79. The van der Waals surface area contributed by atoms with E-state index in [2.05, 4.69) is 17.2 Å². The van der Waals surface area contributed by atoms with Crippen LogP contribution in [0.5, 0.6) is 0 Å². The van der Waals surface area contributed by atoms with Gasteiger partial charge in [0, 0.05) is 10.8 Å². The standard InChI is InChI=1S/C10H11N2.HI/c1-8-10-6-4-3-5-9(10)7-12(2)11-8;/h3-7H,1-2H3;1H/q+1;/p-1. The molecule has 0 unspecified atom stereocenters. The monoisotopic (exact) mass is 286 g/mol. The average Bonchev–Trinajstić information content (AvgIpc) is 2.04. The van der Waals surface area contributed by atoms with Crippen molar-refractivity contribution < 1.29 is 28.7 Å². The highest BCUT2D eigenvalue weighted by Crippen LogP contribution is 2.12. The van der Waals surface area contributed by atoms with Gasteiger partial charge in [-0.3, -0.25) is 0 Å². The van der Waals surface area contributed by atoms with E-state index in [0.717, 1.165) is 5.69 Å². The van der Waals surface area contributed by atoms with Crippen LogP contribution in [-0.4, -0.2) is 5.10 Å². The summed E-state index contributed by atoms with van der Waals surface area (Å²) in [6.07, 6.45) is 2.03. The molecule has 1 aromatic carbocycles. The number of hydrogen-bond donors (Lipinski definition) is 0. The lowest BCUT2D eigenvalue weighted by molar-refractivity contribution is -0.730. The fourth-order valence-electron chi connectivity index (χ4n) is 1.46. The molecule has 0 radical (unpaired) electrons. The van der Waals surface area contributed by atoms with E-state index >= 15 is 0 Å². The largest absolute Gasteiger partial charge is 1.00 e. The molecule has 0 amide bonds. The minimum Gasteiger partial charge on any atom is -1.00 e. The predicted octanol–water partition coefficient (Wildman–Crippen LogP) is -1.63. The Morgan fingerprint density at radius 2 is 1.92 bits per heavy atom. The maximum absolute atomic E-state index is 4.32. The van der Waals surface area contributed by atoms with Crippen molar-refractivity contribution in [3.05, 3.63) is 36.2 Å². The Morgan fingerprint density at radius 3 is 2.69 bits per heavy atom. The Bertz CT molecular complexity index is 426. The third-order valence-electron chi connectivity index (χ3n) is 1.98. The van der Waals surface area contributed by atoms with Crippen LogP contribution >= 0.6 is 0 Å². The van der Waals surface area contributed by atoms with Crippen molar-refractivity contribution in [2.24, 2.45) is 7.05 Å². The fourth-order valence-corrected chi connectivity index (χ4v) is 1.46. The molecule has 0 fully saturated rings. The molecular weight excluding hydrogens is 275 g/mol. The van der Waals surface area contributed by atoms with Crippen molar-refractivity contribution in [3.63, 3.8) is 0 Å². The molecule has 0 saturated carbocycles. The SMILES string of the molecule is Cc1n[n+](C)cc2ccccc12.[I-]. The molecule has 0 saturated heterocycles. The minimum atomic E-state index is 0. The quantitative estimate of drug-likeness (QED) is 0.420. The third-order valence-corrected chi connectivity index (χ3v) is 1.98. The lowest BCUT2D eigenvalue weighted by Crippen LogP contribution is -3.00. The number of rotatable bonds is 0. The summed E-state index contributed by atoms with van der Waals surface area (Å²) in [5.74, 6) is 0. The van der Waals surface area contributed by atoms with E-state index in [9.17, 15) is 0 Å². The van der Waals surface area contributed by atoms with Crippen molar-refractivity contribution in [3.8, 4) is 0 Å². The van der Waals surface area contributed by atoms with Crippen molar-refractivity contribution in [2.75, 3.05) is 0 Å². The van der Waals surface area contributed by atoms with Crippen molar-refractivity contribution in [2.45, 2.75) is 6.92 Å². The molecule has 0 aliphatic rings. The molecule has 3 heteroatoms. The number of benzene rings is 1. The highest BCUT2D eigenvalue weighted by molar-refractivity contribution is 5.82. The van der Waals surface area contributed by atoms with Gasteiger partial charge in [0.15, 0.2) is 7.05 Å². The molecule has 1 heterocycles. The zero-order chi connectivity index (χ0) is 8.55. The van der Waals surface area contributed by atoms with Crippen LogP contribution in [0.15, 0.2) is 30.5 Å².